The van der Waals surface area contributed by atoms with Crippen LogP contribution in [0.1, 0.15) is 25.7 Å². The highest BCUT2D eigenvalue weighted by atomic mass is 16.3. The maximum atomic E-state index is 9.26. The third-order valence-corrected chi connectivity index (χ3v) is 4.34. The Morgan fingerprint density at radius 2 is 1.71 bits per heavy atom. The highest BCUT2D eigenvalue weighted by Crippen LogP contribution is 2.35. The fourth-order valence-electron chi connectivity index (χ4n) is 3.32. The van der Waals surface area contributed by atoms with Gasteiger partial charge in [0.1, 0.15) is 5.75 Å². The molecule has 2 saturated heterocycles. The van der Waals surface area contributed by atoms with E-state index in [0.717, 1.165) is 17.8 Å². The molecule has 2 bridgehead atoms. The lowest BCUT2D eigenvalue weighted by atomic mass is 9.98. The standard InChI is InChI=1S/C14H20N2O/c1-16-12-4-5-13(16)9-11(8-12)15-10-2-6-14(17)7-3-10/h2-3,6-7,11-13,15,17H,4-5,8-9H2,1H3. The van der Waals surface area contributed by atoms with Crippen LogP contribution in [-0.4, -0.2) is 35.2 Å². The monoisotopic (exact) mass is 232 g/mol. The Morgan fingerprint density at radius 1 is 1.12 bits per heavy atom. The first-order valence-corrected chi connectivity index (χ1v) is 6.50. The SMILES string of the molecule is CN1C2CCC1CC(Nc1ccc(O)cc1)C2. The van der Waals surface area contributed by atoms with Crippen LogP contribution in [0.3, 0.4) is 0 Å². The Kier molecular flexibility index (Phi) is 2.71. The number of phenols is 1. The second-order valence-corrected chi connectivity index (χ2v) is 5.41. The van der Waals surface area contributed by atoms with Crippen molar-refractivity contribution in [2.24, 2.45) is 0 Å². The number of fused-ring (bicyclic) bond motifs is 2. The summed E-state index contributed by atoms with van der Waals surface area (Å²) in [6.07, 6.45) is 5.20. The van der Waals surface area contributed by atoms with Gasteiger partial charge in [-0.2, -0.15) is 0 Å². The van der Waals surface area contributed by atoms with E-state index in [1.807, 2.05) is 12.1 Å². The zero-order valence-corrected chi connectivity index (χ0v) is 10.3. The number of aromatic hydroxyl groups is 1. The number of phenolic OH excluding ortho intramolecular Hbond substituents is 1. The molecule has 1 aromatic carbocycles. The summed E-state index contributed by atoms with van der Waals surface area (Å²) in [7, 11) is 2.26. The summed E-state index contributed by atoms with van der Waals surface area (Å²) in [5.74, 6) is 0.332. The van der Waals surface area contributed by atoms with Crippen molar-refractivity contribution in [1.82, 2.24) is 4.90 Å². The van der Waals surface area contributed by atoms with Gasteiger partial charge >= 0.3 is 0 Å². The summed E-state index contributed by atoms with van der Waals surface area (Å²) in [4.78, 5) is 2.55. The molecule has 0 radical (unpaired) electrons. The maximum absolute atomic E-state index is 9.26. The van der Waals surface area contributed by atoms with Crippen LogP contribution >= 0.6 is 0 Å². The lowest BCUT2D eigenvalue weighted by molar-refractivity contribution is 0.169. The van der Waals surface area contributed by atoms with Gasteiger partial charge in [-0.15, -0.1) is 0 Å². The van der Waals surface area contributed by atoms with Gasteiger partial charge < -0.3 is 15.3 Å². The minimum atomic E-state index is 0.332. The molecule has 0 aromatic heterocycles. The molecule has 2 heterocycles. The van der Waals surface area contributed by atoms with Crippen LogP contribution in [0.4, 0.5) is 5.69 Å². The molecule has 0 saturated carbocycles. The van der Waals surface area contributed by atoms with Crippen molar-refractivity contribution in [1.29, 1.82) is 0 Å². The number of anilines is 1. The lowest BCUT2D eigenvalue weighted by Crippen LogP contribution is -2.44. The van der Waals surface area contributed by atoms with Crippen LogP contribution in [0.25, 0.3) is 0 Å². The number of piperidine rings is 1. The first-order valence-electron chi connectivity index (χ1n) is 6.50. The number of nitrogens with one attached hydrogen (secondary N) is 1. The van der Waals surface area contributed by atoms with Crippen molar-refractivity contribution in [3.05, 3.63) is 24.3 Å². The van der Waals surface area contributed by atoms with Crippen molar-refractivity contribution >= 4 is 5.69 Å². The van der Waals surface area contributed by atoms with Crippen LogP contribution in [-0.2, 0) is 0 Å². The van der Waals surface area contributed by atoms with E-state index in [1.165, 1.54) is 25.7 Å². The van der Waals surface area contributed by atoms with Crippen molar-refractivity contribution in [2.45, 2.75) is 43.8 Å². The summed E-state index contributed by atoms with van der Waals surface area (Å²) in [5, 5.41) is 12.8. The van der Waals surface area contributed by atoms with Crippen molar-refractivity contribution in [3.63, 3.8) is 0 Å². The third kappa shape index (κ3) is 2.12. The van der Waals surface area contributed by atoms with Gasteiger partial charge in [-0.3, -0.25) is 0 Å². The van der Waals surface area contributed by atoms with Gasteiger partial charge in [0.25, 0.3) is 0 Å². The molecule has 17 heavy (non-hydrogen) atoms. The molecule has 0 amide bonds. The lowest BCUT2D eigenvalue weighted by Gasteiger charge is -2.37. The van der Waals surface area contributed by atoms with Crippen molar-refractivity contribution in [2.75, 3.05) is 12.4 Å². The van der Waals surface area contributed by atoms with E-state index in [4.69, 9.17) is 0 Å². The number of rotatable bonds is 2. The Hall–Kier alpha value is -1.22. The maximum Gasteiger partial charge on any atom is 0.115 e. The van der Waals surface area contributed by atoms with Gasteiger partial charge in [-0.1, -0.05) is 0 Å². The van der Waals surface area contributed by atoms with Crippen LogP contribution in [0.5, 0.6) is 5.75 Å². The van der Waals surface area contributed by atoms with Crippen LogP contribution in [0.2, 0.25) is 0 Å². The first kappa shape index (κ1) is 10.9. The van der Waals surface area contributed by atoms with Gasteiger partial charge in [-0.25, -0.2) is 0 Å². The molecule has 2 aliphatic heterocycles. The molecule has 2 N–H and O–H groups in total. The summed E-state index contributed by atoms with van der Waals surface area (Å²) in [6, 6.07) is 9.52. The summed E-state index contributed by atoms with van der Waals surface area (Å²) < 4.78 is 0. The third-order valence-electron chi connectivity index (χ3n) is 4.34. The summed E-state index contributed by atoms with van der Waals surface area (Å²) >= 11 is 0. The molecule has 2 fully saturated rings. The van der Waals surface area contributed by atoms with Crippen LogP contribution in [0.15, 0.2) is 24.3 Å². The van der Waals surface area contributed by atoms with E-state index in [2.05, 4.69) is 17.3 Å². The molecular formula is C14H20N2O. The Labute approximate surface area is 102 Å². The Bertz CT molecular complexity index is 376. The largest absolute Gasteiger partial charge is 0.508 e. The van der Waals surface area contributed by atoms with Crippen LogP contribution < -0.4 is 5.32 Å². The predicted molar refractivity (Wildman–Crippen MR) is 69.3 cm³/mol. The number of nitrogens with zero attached hydrogens (tertiary/aromatic N) is 1. The first-order chi connectivity index (χ1) is 8.22. The van der Waals surface area contributed by atoms with E-state index in [0.29, 0.717) is 11.8 Å². The molecule has 1 aromatic rings. The quantitative estimate of drug-likeness (QED) is 0.769. The molecule has 2 aliphatic rings. The molecule has 3 nitrogen and oxygen atoms in total. The van der Waals surface area contributed by atoms with E-state index in [1.54, 1.807) is 12.1 Å². The van der Waals surface area contributed by atoms with E-state index in [9.17, 15) is 5.11 Å². The zero-order valence-electron chi connectivity index (χ0n) is 10.3. The van der Waals surface area contributed by atoms with E-state index < -0.39 is 0 Å². The fourth-order valence-corrected chi connectivity index (χ4v) is 3.32. The molecule has 92 valence electrons. The average Bonchev–Trinajstić information content (AvgIpc) is 2.55. The summed E-state index contributed by atoms with van der Waals surface area (Å²) in [6.45, 7) is 0. The van der Waals surface area contributed by atoms with E-state index in [-0.39, 0.29) is 0 Å². The Morgan fingerprint density at radius 3 is 2.29 bits per heavy atom. The smallest absolute Gasteiger partial charge is 0.115 e. The van der Waals surface area contributed by atoms with Crippen molar-refractivity contribution < 1.29 is 5.11 Å². The highest BCUT2D eigenvalue weighted by Gasteiger charge is 2.38. The topological polar surface area (TPSA) is 35.5 Å². The number of benzene rings is 1. The number of hydrogen-bond acceptors (Lipinski definition) is 3. The molecule has 0 aliphatic carbocycles. The van der Waals surface area contributed by atoms with Crippen molar-refractivity contribution in [3.8, 4) is 5.75 Å². The second kappa shape index (κ2) is 4.22. The second-order valence-electron chi connectivity index (χ2n) is 5.41. The van der Waals surface area contributed by atoms with E-state index >= 15 is 0 Å². The molecule has 2 unspecified atom stereocenters. The molecule has 2 atom stereocenters. The molecule has 3 heteroatoms. The fraction of sp³-hybridized carbons (Fsp3) is 0.571. The molecule has 3 rings (SSSR count). The van der Waals surface area contributed by atoms with Gasteiger partial charge in [0.15, 0.2) is 0 Å². The predicted octanol–water partition coefficient (Wildman–Crippen LogP) is 2.43. The van der Waals surface area contributed by atoms with Gasteiger partial charge in [-0.05, 0) is 57.0 Å². The minimum Gasteiger partial charge on any atom is -0.508 e. The summed E-state index contributed by atoms with van der Waals surface area (Å²) in [5.41, 5.74) is 1.12. The van der Waals surface area contributed by atoms with Gasteiger partial charge in [0.2, 0.25) is 0 Å². The normalized spacial score (nSPS) is 32.6. The zero-order chi connectivity index (χ0) is 11.8. The highest BCUT2D eigenvalue weighted by molar-refractivity contribution is 5.46. The Balaban J connectivity index is 1.65. The van der Waals surface area contributed by atoms with Gasteiger partial charge in [0.05, 0.1) is 0 Å². The number of hydrogen-bond donors (Lipinski definition) is 2. The molecular weight excluding hydrogens is 212 g/mol. The molecule has 0 spiro atoms. The van der Waals surface area contributed by atoms with Crippen LogP contribution in [0, 0.1) is 0 Å². The minimum absolute atomic E-state index is 0.332. The average molecular weight is 232 g/mol. The van der Waals surface area contributed by atoms with Gasteiger partial charge in [0, 0.05) is 23.8 Å².